The van der Waals surface area contributed by atoms with Crippen LogP contribution >= 0.6 is 0 Å². The highest BCUT2D eigenvalue weighted by molar-refractivity contribution is 5.55. The van der Waals surface area contributed by atoms with E-state index in [1.54, 1.807) is 24.5 Å². The maximum Gasteiger partial charge on any atom is 0.271 e. The fraction of sp³-hybridized carbons (Fsp3) is 0.444. The molecule has 2 aromatic rings. The zero-order valence-corrected chi connectivity index (χ0v) is 14.2. The molecule has 3 N–H and O–H groups in total. The summed E-state index contributed by atoms with van der Waals surface area (Å²) in [5, 5.41) is 15.3. The highest BCUT2D eigenvalue weighted by Crippen LogP contribution is 2.29. The van der Waals surface area contributed by atoms with Crippen LogP contribution in [0.15, 0.2) is 29.3 Å². The highest BCUT2D eigenvalue weighted by atomic mass is 16.1. The van der Waals surface area contributed by atoms with Crippen molar-refractivity contribution in [1.29, 1.82) is 5.26 Å². The summed E-state index contributed by atoms with van der Waals surface area (Å²) in [5.74, 6) is 1.70. The first-order valence-corrected chi connectivity index (χ1v) is 8.57. The first-order valence-electron chi connectivity index (χ1n) is 8.57. The standard InChI is InChI=1S/C18H22N6O/c1-12-11-21-18(23-15-3-2-10-20-17(15)25)24-16(12)22-14-6-4-13(5-7-14)8-9-19/h2-3,10-11,13-14H,4-8H2,1H3,(H,20,25)(H2,21,22,23,24). The van der Waals surface area contributed by atoms with Crippen molar-refractivity contribution in [1.82, 2.24) is 15.0 Å². The lowest BCUT2D eigenvalue weighted by molar-refractivity contribution is 0.342. The van der Waals surface area contributed by atoms with Gasteiger partial charge in [0.1, 0.15) is 11.5 Å². The molecular weight excluding hydrogens is 316 g/mol. The van der Waals surface area contributed by atoms with Crippen LogP contribution in [0.4, 0.5) is 17.5 Å². The summed E-state index contributed by atoms with van der Waals surface area (Å²) < 4.78 is 0. The summed E-state index contributed by atoms with van der Waals surface area (Å²) in [6.45, 7) is 1.96. The Hall–Kier alpha value is -2.88. The summed E-state index contributed by atoms with van der Waals surface area (Å²) in [4.78, 5) is 23.2. The average Bonchev–Trinajstić information content (AvgIpc) is 2.62. The van der Waals surface area contributed by atoms with E-state index in [1.165, 1.54) is 0 Å². The number of aryl methyl sites for hydroxylation is 1. The molecule has 0 atom stereocenters. The molecule has 25 heavy (non-hydrogen) atoms. The van der Waals surface area contributed by atoms with E-state index in [2.05, 4.69) is 31.7 Å². The number of hydrogen-bond acceptors (Lipinski definition) is 6. The molecule has 0 amide bonds. The van der Waals surface area contributed by atoms with Crippen molar-refractivity contribution in [2.24, 2.45) is 5.92 Å². The Labute approximate surface area is 146 Å². The molecule has 2 heterocycles. The lowest BCUT2D eigenvalue weighted by Gasteiger charge is -2.28. The topological polar surface area (TPSA) is 106 Å². The van der Waals surface area contributed by atoms with E-state index in [1.807, 2.05) is 6.92 Å². The molecule has 0 saturated heterocycles. The third-order valence-electron chi connectivity index (χ3n) is 4.60. The Balaban J connectivity index is 1.67. The zero-order valence-electron chi connectivity index (χ0n) is 14.2. The quantitative estimate of drug-likeness (QED) is 0.773. The number of nitriles is 1. The number of aromatic nitrogens is 3. The number of anilines is 3. The van der Waals surface area contributed by atoms with Crippen molar-refractivity contribution >= 4 is 17.5 Å². The largest absolute Gasteiger partial charge is 0.367 e. The van der Waals surface area contributed by atoms with Crippen molar-refractivity contribution in [3.8, 4) is 6.07 Å². The van der Waals surface area contributed by atoms with Crippen LogP contribution in [-0.2, 0) is 0 Å². The Morgan fingerprint density at radius 3 is 2.88 bits per heavy atom. The average molecular weight is 338 g/mol. The molecule has 2 aromatic heterocycles. The minimum absolute atomic E-state index is 0.211. The smallest absolute Gasteiger partial charge is 0.271 e. The van der Waals surface area contributed by atoms with Crippen molar-refractivity contribution < 1.29 is 0 Å². The number of aromatic amines is 1. The SMILES string of the molecule is Cc1cnc(Nc2ccc[nH]c2=O)nc1NC1CCC(CC#N)CC1. The van der Waals surface area contributed by atoms with Gasteiger partial charge in [-0.15, -0.1) is 0 Å². The van der Waals surface area contributed by atoms with E-state index < -0.39 is 0 Å². The molecule has 0 unspecified atom stereocenters. The summed E-state index contributed by atoms with van der Waals surface area (Å²) in [6.07, 6.45) is 8.20. The van der Waals surface area contributed by atoms with Crippen molar-refractivity contribution in [2.75, 3.05) is 10.6 Å². The van der Waals surface area contributed by atoms with Crippen molar-refractivity contribution in [2.45, 2.75) is 45.1 Å². The lowest BCUT2D eigenvalue weighted by Crippen LogP contribution is -2.27. The zero-order chi connectivity index (χ0) is 17.6. The van der Waals surface area contributed by atoms with Crippen molar-refractivity contribution in [3.63, 3.8) is 0 Å². The van der Waals surface area contributed by atoms with Crippen LogP contribution in [0, 0.1) is 24.2 Å². The number of H-pyrrole nitrogens is 1. The molecule has 0 bridgehead atoms. The first-order chi connectivity index (χ1) is 12.2. The van der Waals surface area contributed by atoms with Gasteiger partial charge in [-0.25, -0.2) is 4.98 Å². The van der Waals surface area contributed by atoms with E-state index in [9.17, 15) is 4.79 Å². The van der Waals surface area contributed by atoms with Crippen molar-refractivity contribution in [3.05, 3.63) is 40.4 Å². The van der Waals surface area contributed by atoms with Gasteiger partial charge in [-0.2, -0.15) is 10.2 Å². The third-order valence-corrected chi connectivity index (χ3v) is 4.60. The van der Waals surface area contributed by atoms with Crippen LogP contribution in [0.3, 0.4) is 0 Å². The fourth-order valence-electron chi connectivity index (χ4n) is 3.12. The van der Waals surface area contributed by atoms with Crippen LogP contribution in [0.25, 0.3) is 0 Å². The Kier molecular flexibility index (Phi) is 5.29. The number of pyridine rings is 1. The van der Waals surface area contributed by atoms with Gasteiger partial charge in [-0.1, -0.05) is 0 Å². The van der Waals surface area contributed by atoms with Gasteiger partial charge in [-0.3, -0.25) is 4.79 Å². The molecule has 130 valence electrons. The van der Waals surface area contributed by atoms with Gasteiger partial charge in [0, 0.05) is 30.4 Å². The minimum Gasteiger partial charge on any atom is -0.367 e. The number of rotatable bonds is 5. The molecule has 1 aliphatic rings. The molecule has 0 radical (unpaired) electrons. The number of nitrogens with one attached hydrogen (secondary N) is 3. The Bertz CT molecular complexity index is 817. The van der Waals surface area contributed by atoms with E-state index in [0.29, 0.717) is 30.0 Å². The Morgan fingerprint density at radius 2 is 2.16 bits per heavy atom. The maximum atomic E-state index is 11.8. The molecule has 0 aliphatic heterocycles. The second-order valence-electron chi connectivity index (χ2n) is 6.49. The predicted molar refractivity (Wildman–Crippen MR) is 96.7 cm³/mol. The second-order valence-corrected chi connectivity index (χ2v) is 6.49. The lowest BCUT2D eigenvalue weighted by atomic mass is 9.84. The van der Waals surface area contributed by atoms with Gasteiger partial charge in [0.25, 0.3) is 5.56 Å². The minimum atomic E-state index is -0.211. The third kappa shape index (κ3) is 4.35. The first kappa shape index (κ1) is 17.0. The van der Waals surface area contributed by atoms with Gasteiger partial charge in [0.15, 0.2) is 0 Å². The molecule has 1 saturated carbocycles. The van der Waals surface area contributed by atoms with E-state index in [4.69, 9.17) is 5.26 Å². The predicted octanol–water partition coefficient (Wildman–Crippen LogP) is 3.10. The molecule has 3 rings (SSSR count). The van der Waals surface area contributed by atoms with E-state index >= 15 is 0 Å². The number of nitrogens with zero attached hydrogens (tertiary/aromatic N) is 3. The second kappa shape index (κ2) is 7.79. The molecule has 7 heteroatoms. The van der Waals surface area contributed by atoms with Crippen LogP contribution in [0.1, 0.15) is 37.7 Å². The van der Waals surface area contributed by atoms with Crippen LogP contribution in [0.5, 0.6) is 0 Å². The van der Waals surface area contributed by atoms with Gasteiger partial charge < -0.3 is 15.6 Å². The van der Waals surface area contributed by atoms with Crippen LogP contribution in [-0.4, -0.2) is 21.0 Å². The molecular formula is C18H22N6O. The van der Waals surface area contributed by atoms with E-state index in [-0.39, 0.29) is 5.56 Å². The molecule has 7 nitrogen and oxygen atoms in total. The maximum absolute atomic E-state index is 11.8. The van der Waals surface area contributed by atoms with Gasteiger partial charge in [0.2, 0.25) is 5.95 Å². The highest BCUT2D eigenvalue weighted by Gasteiger charge is 2.21. The van der Waals surface area contributed by atoms with Crippen LogP contribution in [0.2, 0.25) is 0 Å². The summed E-state index contributed by atoms with van der Waals surface area (Å²) >= 11 is 0. The Morgan fingerprint density at radius 1 is 1.36 bits per heavy atom. The van der Waals surface area contributed by atoms with Gasteiger partial charge >= 0.3 is 0 Å². The molecule has 1 fully saturated rings. The van der Waals surface area contributed by atoms with Crippen LogP contribution < -0.4 is 16.2 Å². The summed E-state index contributed by atoms with van der Waals surface area (Å²) in [5.41, 5.74) is 1.16. The van der Waals surface area contributed by atoms with Gasteiger partial charge in [0.05, 0.1) is 6.07 Å². The number of hydrogen-bond donors (Lipinski definition) is 3. The summed E-state index contributed by atoms with van der Waals surface area (Å²) in [7, 11) is 0. The fourth-order valence-corrected chi connectivity index (χ4v) is 3.12. The molecule has 0 aromatic carbocycles. The monoisotopic (exact) mass is 338 g/mol. The molecule has 1 aliphatic carbocycles. The summed E-state index contributed by atoms with van der Waals surface area (Å²) in [6, 6.07) is 6.06. The normalized spacial score (nSPS) is 19.8. The van der Waals surface area contributed by atoms with E-state index in [0.717, 1.165) is 37.1 Å². The van der Waals surface area contributed by atoms with Gasteiger partial charge in [-0.05, 0) is 50.7 Å². The molecule has 0 spiro atoms.